The number of carbonyl (C=O) groups is 1. The van der Waals surface area contributed by atoms with Crippen LogP contribution in [0.2, 0.25) is 0 Å². The summed E-state index contributed by atoms with van der Waals surface area (Å²) >= 11 is 0. The Hall–Kier alpha value is -2.05. The highest BCUT2D eigenvalue weighted by Crippen LogP contribution is 2.36. The quantitative estimate of drug-likeness (QED) is 0.743. The van der Waals surface area contributed by atoms with Gasteiger partial charge in [0.2, 0.25) is 6.79 Å². The molecular weight excluding hydrogens is 342 g/mol. The molecule has 0 saturated carbocycles. The number of likely N-dealkylation sites (N-methyl/N-ethyl adjacent to an activating group) is 1. The molecule has 1 N–H and O–H groups in total. The van der Waals surface area contributed by atoms with Gasteiger partial charge in [-0.25, -0.2) is 0 Å². The highest BCUT2D eigenvalue weighted by Gasteiger charge is 2.40. The van der Waals surface area contributed by atoms with Crippen molar-refractivity contribution in [2.75, 3.05) is 46.6 Å². The molecule has 1 aromatic carbocycles. The van der Waals surface area contributed by atoms with Gasteiger partial charge in [-0.1, -0.05) is 6.08 Å². The number of rotatable bonds is 7. The molecule has 2 bridgehead atoms. The third kappa shape index (κ3) is 3.96. The van der Waals surface area contributed by atoms with Crippen molar-refractivity contribution in [2.45, 2.75) is 18.9 Å². The first-order valence-corrected chi connectivity index (χ1v) is 9.85. The lowest BCUT2D eigenvalue weighted by Gasteiger charge is -2.50. The molecule has 4 aliphatic heterocycles. The van der Waals surface area contributed by atoms with Crippen molar-refractivity contribution in [3.8, 4) is 11.5 Å². The smallest absolute Gasteiger partial charge is 0.251 e. The Morgan fingerprint density at radius 1 is 1.41 bits per heavy atom. The van der Waals surface area contributed by atoms with E-state index in [2.05, 4.69) is 28.7 Å². The van der Waals surface area contributed by atoms with E-state index in [0.29, 0.717) is 29.6 Å². The predicted molar refractivity (Wildman–Crippen MR) is 104 cm³/mol. The van der Waals surface area contributed by atoms with Gasteiger partial charge in [0, 0.05) is 37.8 Å². The van der Waals surface area contributed by atoms with E-state index in [0.717, 1.165) is 38.0 Å². The van der Waals surface area contributed by atoms with Crippen LogP contribution in [0.1, 0.15) is 23.2 Å². The molecule has 146 valence electrons. The molecule has 6 heteroatoms. The van der Waals surface area contributed by atoms with Gasteiger partial charge in [-0.15, -0.1) is 6.58 Å². The summed E-state index contributed by atoms with van der Waals surface area (Å²) in [5, 5.41) is 3.12. The zero-order valence-corrected chi connectivity index (χ0v) is 16.0. The van der Waals surface area contributed by atoms with Crippen LogP contribution >= 0.6 is 0 Å². The number of hydrogen-bond donors (Lipinski definition) is 1. The van der Waals surface area contributed by atoms with Gasteiger partial charge in [-0.3, -0.25) is 9.69 Å². The molecule has 1 amide bonds. The maximum absolute atomic E-state index is 12.5. The average molecular weight is 371 g/mol. The Kier molecular flexibility index (Phi) is 5.36. The summed E-state index contributed by atoms with van der Waals surface area (Å²) in [4.78, 5) is 17.5. The van der Waals surface area contributed by atoms with Crippen LogP contribution in [0.4, 0.5) is 0 Å². The second-order valence-electron chi connectivity index (χ2n) is 7.98. The number of nitrogens with zero attached hydrogens (tertiary/aromatic N) is 2. The molecule has 0 spiro atoms. The number of ether oxygens (including phenoxy) is 2. The second kappa shape index (κ2) is 7.90. The summed E-state index contributed by atoms with van der Waals surface area (Å²) < 4.78 is 10.7. The summed E-state index contributed by atoms with van der Waals surface area (Å²) in [6.07, 6.45) is 4.42. The molecule has 0 aromatic heterocycles. The zero-order chi connectivity index (χ0) is 18.8. The minimum Gasteiger partial charge on any atom is -0.454 e. The van der Waals surface area contributed by atoms with Crippen LogP contribution in [-0.2, 0) is 0 Å². The van der Waals surface area contributed by atoms with Crippen molar-refractivity contribution in [1.29, 1.82) is 0 Å². The highest BCUT2D eigenvalue weighted by molar-refractivity contribution is 5.94. The van der Waals surface area contributed by atoms with Gasteiger partial charge in [0.05, 0.1) is 0 Å². The first kappa shape index (κ1) is 18.3. The third-order valence-corrected chi connectivity index (χ3v) is 6.13. The third-order valence-electron chi connectivity index (χ3n) is 6.13. The van der Waals surface area contributed by atoms with E-state index in [-0.39, 0.29) is 12.7 Å². The standard InChI is InChI=1S/C21H29N3O3/c1-3-7-23(2)12-17-13-24-8-6-15(17)9-18(24)11-22-21(25)16-4-5-19-20(10-16)27-14-26-19/h3-5,10,15,17-18H,1,6-9,11-14H2,2H3,(H,22,25)/t15-,17+,18+/m0/s1. The molecular formula is C21H29N3O3. The lowest BCUT2D eigenvalue weighted by molar-refractivity contribution is -0.00778. The Morgan fingerprint density at radius 2 is 2.26 bits per heavy atom. The van der Waals surface area contributed by atoms with Crippen molar-refractivity contribution in [1.82, 2.24) is 15.1 Å². The molecule has 6 nitrogen and oxygen atoms in total. The summed E-state index contributed by atoms with van der Waals surface area (Å²) in [5.41, 5.74) is 0.624. The summed E-state index contributed by atoms with van der Waals surface area (Å²) in [6.45, 7) is 9.12. The normalized spacial score (nSPS) is 28.4. The average Bonchev–Trinajstić information content (AvgIpc) is 3.15. The fourth-order valence-corrected chi connectivity index (χ4v) is 4.71. The van der Waals surface area contributed by atoms with E-state index in [1.165, 1.54) is 12.8 Å². The molecule has 27 heavy (non-hydrogen) atoms. The number of hydrogen-bond acceptors (Lipinski definition) is 5. The molecule has 1 aromatic rings. The number of piperidine rings is 3. The SMILES string of the molecule is C=CCN(C)C[C@@H]1CN2CC[C@H]1C[C@@H]2CNC(=O)c1ccc2c(c1)OCO2. The molecule has 3 saturated heterocycles. The number of carbonyl (C=O) groups excluding carboxylic acids is 1. The number of benzene rings is 1. The van der Waals surface area contributed by atoms with E-state index < -0.39 is 0 Å². The second-order valence-corrected chi connectivity index (χ2v) is 7.98. The molecule has 4 aliphatic rings. The Labute approximate surface area is 161 Å². The van der Waals surface area contributed by atoms with Crippen LogP contribution in [0.15, 0.2) is 30.9 Å². The van der Waals surface area contributed by atoms with Gasteiger partial charge in [-0.05, 0) is 56.5 Å². The van der Waals surface area contributed by atoms with Crippen LogP contribution in [0.3, 0.4) is 0 Å². The molecule has 4 atom stereocenters. The van der Waals surface area contributed by atoms with Crippen molar-refractivity contribution >= 4 is 5.91 Å². The predicted octanol–water partition coefficient (Wildman–Crippen LogP) is 1.97. The fourth-order valence-electron chi connectivity index (χ4n) is 4.71. The van der Waals surface area contributed by atoms with Crippen LogP contribution in [0, 0.1) is 11.8 Å². The Balaban J connectivity index is 1.30. The van der Waals surface area contributed by atoms with Gasteiger partial charge in [0.15, 0.2) is 11.5 Å². The van der Waals surface area contributed by atoms with Gasteiger partial charge >= 0.3 is 0 Å². The van der Waals surface area contributed by atoms with Crippen molar-refractivity contribution < 1.29 is 14.3 Å². The first-order valence-electron chi connectivity index (χ1n) is 9.85. The minimum atomic E-state index is -0.0433. The van der Waals surface area contributed by atoms with Gasteiger partial charge in [0.25, 0.3) is 5.91 Å². The van der Waals surface area contributed by atoms with E-state index in [1.54, 1.807) is 18.2 Å². The number of fused-ring (bicyclic) bond motifs is 4. The largest absolute Gasteiger partial charge is 0.454 e. The van der Waals surface area contributed by atoms with Crippen LogP contribution in [-0.4, -0.2) is 68.3 Å². The first-order chi connectivity index (χ1) is 13.1. The monoisotopic (exact) mass is 371 g/mol. The maximum Gasteiger partial charge on any atom is 0.251 e. The van der Waals surface area contributed by atoms with Crippen LogP contribution in [0.25, 0.3) is 0 Å². The molecule has 0 radical (unpaired) electrons. The summed E-state index contributed by atoms with van der Waals surface area (Å²) in [5.74, 6) is 2.79. The van der Waals surface area contributed by atoms with Gasteiger partial charge in [0.1, 0.15) is 0 Å². The topological polar surface area (TPSA) is 54.0 Å². The van der Waals surface area contributed by atoms with E-state index in [9.17, 15) is 4.79 Å². The molecule has 0 aliphatic carbocycles. The van der Waals surface area contributed by atoms with E-state index in [1.807, 2.05) is 6.08 Å². The Morgan fingerprint density at radius 3 is 3.04 bits per heavy atom. The lowest BCUT2D eigenvalue weighted by atomic mass is 9.75. The van der Waals surface area contributed by atoms with Crippen molar-refractivity contribution in [3.05, 3.63) is 36.4 Å². The molecule has 3 fully saturated rings. The molecule has 5 rings (SSSR count). The Bertz CT molecular complexity index is 708. The zero-order valence-electron chi connectivity index (χ0n) is 16.0. The maximum atomic E-state index is 12.5. The molecule has 1 unspecified atom stereocenters. The van der Waals surface area contributed by atoms with Crippen molar-refractivity contribution in [3.63, 3.8) is 0 Å². The summed E-state index contributed by atoms with van der Waals surface area (Å²) in [6, 6.07) is 5.80. The molecule has 4 heterocycles. The van der Waals surface area contributed by atoms with Crippen LogP contribution in [0.5, 0.6) is 11.5 Å². The van der Waals surface area contributed by atoms with Gasteiger partial charge in [-0.2, -0.15) is 0 Å². The van der Waals surface area contributed by atoms with Gasteiger partial charge < -0.3 is 19.7 Å². The minimum absolute atomic E-state index is 0.0433. The fraction of sp³-hybridized carbons (Fsp3) is 0.571. The van der Waals surface area contributed by atoms with E-state index >= 15 is 0 Å². The lowest BCUT2D eigenvalue weighted by Crippen LogP contribution is -2.58. The van der Waals surface area contributed by atoms with Crippen molar-refractivity contribution in [2.24, 2.45) is 11.8 Å². The highest BCUT2D eigenvalue weighted by atomic mass is 16.7. The number of nitrogens with one attached hydrogen (secondary N) is 1. The summed E-state index contributed by atoms with van der Waals surface area (Å²) in [7, 11) is 2.17. The van der Waals surface area contributed by atoms with Crippen LogP contribution < -0.4 is 14.8 Å². The number of amides is 1. The van der Waals surface area contributed by atoms with E-state index in [4.69, 9.17) is 9.47 Å².